The first kappa shape index (κ1) is 10.4. The van der Waals surface area contributed by atoms with Crippen LogP contribution in [0.25, 0.3) is 10.6 Å². The standard InChI is InChI=1S/C11H12N2OS2/c12-9-4-14-3-8(9)10-6-16-11(13-10)7-1-2-15-5-7/h1-2,5-6,8-9H,3-4,12H2. The van der Waals surface area contributed by atoms with E-state index in [0.29, 0.717) is 13.2 Å². The van der Waals surface area contributed by atoms with Gasteiger partial charge in [-0.2, -0.15) is 11.3 Å². The molecule has 84 valence electrons. The molecule has 1 aliphatic rings. The number of nitrogens with zero attached hydrogens (tertiary/aromatic N) is 1. The third kappa shape index (κ3) is 1.80. The number of hydrogen-bond acceptors (Lipinski definition) is 5. The van der Waals surface area contributed by atoms with E-state index in [-0.39, 0.29) is 12.0 Å². The second-order valence-corrected chi connectivity index (χ2v) is 5.54. The molecule has 2 atom stereocenters. The average molecular weight is 252 g/mol. The number of thiazole rings is 1. The van der Waals surface area contributed by atoms with E-state index in [1.54, 1.807) is 22.7 Å². The van der Waals surface area contributed by atoms with Crippen molar-refractivity contribution in [3.63, 3.8) is 0 Å². The van der Waals surface area contributed by atoms with Crippen LogP contribution in [0.3, 0.4) is 0 Å². The monoisotopic (exact) mass is 252 g/mol. The summed E-state index contributed by atoms with van der Waals surface area (Å²) in [5.74, 6) is 0.267. The van der Waals surface area contributed by atoms with Crippen molar-refractivity contribution in [2.75, 3.05) is 13.2 Å². The van der Waals surface area contributed by atoms with Crippen LogP contribution in [0, 0.1) is 0 Å². The minimum atomic E-state index is 0.0948. The third-order valence-electron chi connectivity index (χ3n) is 2.79. The van der Waals surface area contributed by atoms with Gasteiger partial charge in [0.1, 0.15) is 5.01 Å². The SMILES string of the molecule is NC1COCC1c1csc(-c2ccsc2)n1. The van der Waals surface area contributed by atoms with Crippen LogP contribution in [0.4, 0.5) is 0 Å². The van der Waals surface area contributed by atoms with Crippen molar-refractivity contribution >= 4 is 22.7 Å². The summed E-state index contributed by atoms with van der Waals surface area (Å²) in [5, 5.41) is 7.37. The molecule has 3 heterocycles. The van der Waals surface area contributed by atoms with Gasteiger partial charge in [0.2, 0.25) is 0 Å². The lowest BCUT2D eigenvalue weighted by atomic mass is 10.0. The molecule has 16 heavy (non-hydrogen) atoms. The lowest BCUT2D eigenvalue weighted by molar-refractivity contribution is 0.190. The molecule has 0 radical (unpaired) electrons. The van der Waals surface area contributed by atoms with Crippen LogP contribution in [0.15, 0.2) is 22.2 Å². The van der Waals surface area contributed by atoms with E-state index in [4.69, 9.17) is 10.5 Å². The van der Waals surface area contributed by atoms with Crippen molar-refractivity contribution in [1.82, 2.24) is 4.98 Å². The van der Waals surface area contributed by atoms with E-state index in [0.717, 1.165) is 10.7 Å². The van der Waals surface area contributed by atoms with E-state index >= 15 is 0 Å². The van der Waals surface area contributed by atoms with Crippen LogP contribution in [0.1, 0.15) is 11.6 Å². The van der Waals surface area contributed by atoms with E-state index in [9.17, 15) is 0 Å². The summed E-state index contributed by atoms with van der Waals surface area (Å²) in [5.41, 5.74) is 8.26. The number of ether oxygens (including phenoxy) is 1. The molecule has 0 amide bonds. The Hall–Kier alpha value is -0.750. The quantitative estimate of drug-likeness (QED) is 0.892. The summed E-state index contributed by atoms with van der Waals surface area (Å²) in [6, 6.07) is 2.19. The highest BCUT2D eigenvalue weighted by Gasteiger charge is 2.28. The number of thiophene rings is 1. The molecule has 0 spiro atoms. The largest absolute Gasteiger partial charge is 0.379 e. The highest BCUT2D eigenvalue weighted by atomic mass is 32.1. The van der Waals surface area contributed by atoms with E-state index in [1.807, 2.05) is 0 Å². The predicted octanol–water partition coefficient (Wildman–Crippen LogP) is 2.31. The van der Waals surface area contributed by atoms with Gasteiger partial charge in [0, 0.05) is 28.3 Å². The number of aromatic nitrogens is 1. The Balaban J connectivity index is 1.88. The summed E-state index contributed by atoms with van der Waals surface area (Å²) in [6.45, 7) is 1.35. The van der Waals surface area contributed by atoms with Gasteiger partial charge < -0.3 is 10.5 Å². The molecule has 0 saturated carbocycles. The van der Waals surface area contributed by atoms with Gasteiger partial charge in [-0.15, -0.1) is 11.3 Å². The first-order chi connectivity index (χ1) is 7.84. The normalized spacial score (nSPS) is 25.1. The van der Waals surface area contributed by atoms with Crippen molar-refractivity contribution < 1.29 is 4.74 Å². The van der Waals surface area contributed by atoms with E-state index in [1.165, 1.54) is 5.56 Å². The van der Waals surface area contributed by atoms with Gasteiger partial charge in [0.05, 0.1) is 18.9 Å². The molecule has 1 fully saturated rings. The Morgan fingerprint density at radius 3 is 3.00 bits per heavy atom. The molecule has 3 rings (SSSR count). The second kappa shape index (κ2) is 4.25. The molecule has 1 aliphatic heterocycles. The van der Waals surface area contributed by atoms with Gasteiger partial charge in [-0.3, -0.25) is 0 Å². The maximum Gasteiger partial charge on any atom is 0.124 e. The topological polar surface area (TPSA) is 48.1 Å². The Bertz CT molecular complexity index is 466. The van der Waals surface area contributed by atoms with Crippen molar-refractivity contribution in [2.24, 2.45) is 5.73 Å². The van der Waals surface area contributed by atoms with Crippen molar-refractivity contribution in [1.29, 1.82) is 0 Å². The van der Waals surface area contributed by atoms with E-state index in [2.05, 4.69) is 27.2 Å². The number of rotatable bonds is 2. The second-order valence-electron chi connectivity index (χ2n) is 3.90. The van der Waals surface area contributed by atoms with E-state index < -0.39 is 0 Å². The highest BCUT2D eigenvalue weighted by Crippen LogP contribution is 2.31. The van der Waals surface area contributed by atoms with Crippen LogP contribution < -0.4 is 5.73 Å². The molecule has 0 aliphatic carbocycles. The fourth-order valence-corrected chi connectivity index (χ4v) is 3.45. The number of nitrogens with two attached hydrogens (primary N) is 1. The minimum Gasteiger partial charge on any atom is -0.379 e. The first-order valence-corrected chi connectivity index (χ1v) is 6.98. The Labute approximate surface area is 102 Å². The third-order valence-corrected chi connectivity index (χ3v) is 4.39. The van der Waals surface area contributed by atoms with Crippen molar-refractivity contribution in [2.45, 2.75) is 12.0 Å². The summed E-state index contributed by atoms with van der Waals surface area (Å²) in [4.78, 5) is 4.65. The first-order valence-electron chi connectivity index (χ1n) is 5.16. The molecule has 3 nitrogen and oxygen atoms in total. The van der Waals surface area contributed by atoms with Crippen LogP contribution >= 0.6 is 22.7 Å². The molecule has 2 aromatic heterocycles. The van der Waals surface area contributed by atoms with Crippen LogP contribution in [0.5, 0.6) is 0 Å². The molecule has 1 saturated heterocycles. The number of hydrogen-bond donors (Lipinski definition) is 1. The van der Waals surface area contributed by atoms with Crippen LogP contribution in [-0.2, 0) is 4.74 Å². The van der Waals surface area contributed by atoms with Crippen molar-refractivity contribution in [3.05, 3.63) is 27.9 Å². The van der Waals surface area contributed by atoms with Gasteiger partial charge in [-0.1, -0.05) is 0 Å². The Kier molecular flexibility index (Phi) is 2.77. The predicted molar refractivity (Wildman–Crippen MR) is 67.0 cm³/mol. The molecule has 2 aromatic rings. The Morgan fingerprint density at radius 2 is 2.31 bits per heavy atom. The molecule has 0 aromatic carbocycles. The zero-order valence-electron chi connectivity index (χ0n) is 8.63. The highest BCUT2D eigenvalue weighted by molar-refractivity contribution is 7.14. The molecule has 2 unspecified atom stereocenters. The maximum atomic E-state index is 5.98. The van der Waals surface area contributed by atoms with Crippen LogP contribution in [0.2, 0.25) is 0 Å². The minimum absolute atomic E-state index is 0.0948. The Morgan fingerprint density at radius 1 is 1.38 bits per heavy atom. The van der Waals surface area contributed by atoms with Crippen LogP contribution in [-0.4, -0.2) is 24.2 Å². The fourth-order valence-electron chi connectivity index (χ4n) is 1.85. The van der Waals surface area contributed by atoms with Crippen molar-refractivity contribution in [3.8, 4) is 10.6 Å². The maximum absolute atomic E-state index is 5.98. The van der Waals surface area contributed by atoms with Gasteiger partial charge in [0.25, 0.3) is 0 Å². The van der Waals surface area contributed by atoms with Gasteiger partial charge >= 0.3 is 0 Å². The fraction of sp³-hybridized carbons (Fsp3) is 0.364. The molecule has 2 N–H and O–H groups in total. The zero-order valence-corrected chi connectivity index (χ0v) is 10.3. The average Bonchev–Trinajstić information content (AvgIpc) is 2.96. The smallest absolute Gasteiger partial charge is 0.124 e. The molecular formula is C11H12N2OS2. The van der Waals surface area contributed by atoms with Gasteiger partial charge in [-0.05, 0) is 11.4 Å². The van der Waals surface area contributed by atoms with Gasteiger partial charge in [0.15, 0.2) is 0 Å². The molecule has 0 bridgehead atoms. The summed E-state index contributed by atoms with van der Waals surface area (Å²) in [7, 11) is 0. The lowest BCUT2D eigenvalue weighted by Gasteiger charge is -2.08. The lowest BCUT2D eigenvalue weighted by Crippen LogP contribution is -2.26. The van der Waals surface area contributed by atoms with Gasteiger partial charge in [-0.25, -0.2) is 4.98 Å². The molecule has 5 heteroatoms. The summed E-state index contributed by atoms with van der Waals surface area (Å²) < 4.78 is 5.37. The molecular weight excluding hydrogens is 240 g/mol. The zero-order chi connectivity index (χ0) is 11.0. The summed E-state index contributed by atoms with van der Waals surface area (Å²) in [6.07, 6.45) is 0. The summed E-state index contributed by atoms with van der Waals surface area (Å²) >= 11 is 3.37.